The van der Waals surface area contributed by atoms with Crippen molar-refractivity contribution in [3.63, 3.8) is 0 Å². The molecule has 11 heteroatoms. The van der Waals surface area contributed by atoms with E-state index in [-0.39, 0.29) is 23.7 Å². The van der Waals surface area contributed by atoms with E-state index in [4.69, 9.17) is 21.5 Å². The Morgan fingerprint density at radius 2 is 1.91 bits per heavy atom. The van der Waals surface area contributed by atoms with E-state index in [0.717, 1.165) is 27.2 Å². The molecule has 1 aromatic heterocycles. The number of nitrogens with zero attached hydrogens (tertiary/aromatic N) is 1. The molecular formula is C22H28ClN3O5S2. The summed E-state index contributed by atoms with van der Waals surface area (Å²) in [6, 6.07) is 10.7. The van der Waals surface area contributed by atoms with Crippen LogP contribution in [0.25, 0.3) is 10.2 Å². The van der Waals surface area contributed by atoms with Gasteiger partial charge in [-0.3, -0.25) is 4.79 Å². The van der Waals surface area contributed by atoms with Crippen LogP contribution in [-0.4, -0.2) is 55.1 Å². The third-order valence-electron chi connectivity index (χ3n) is 5.44. The molecule has 0 spiro atoms. The van der Waals surface area contributed by atoms with Crippen LogP contribution in [-0.2, 0) is 27.6 Å². The Hall–Kier alpha value is -1.95. The van der Waals surface area contributed by atoms with Gasteiger partial charge in [-0.15, -0.1) is 0 Å². The van der Waals surface area contributed by atoms with Crippen molar-refractivity contribution in [1.29, 1.82) is 0 Å². The lowest BCUT2D eigenvalue weighted by molar-refractivity contribution is 0.0927. The van der Waals surface area contributed by atoms with E-state index in [2.05, 4.69) is 9.88 Å². The first-order valence-corrected chi connectivity index (χ1v) is 13.4. The molecule has 0 radical (unpaired) electrons. The summed E-state index contributed by atoms with van der Waals surface area (Å²) in [5.74, 6) is 0.0474. The Labute approximate surface area is 202 Å². The molecule has 0 amide bonds. The minimum absolute atomic E-state index is 0.0474. The van der Waals surface area contributed by atoms with E-state index in [9.17, 15) is 18.3 Å². The van der Waals surface area contributed by atoms with Gasteiger partial charge in [-0.05, 0) is 48.7 Å². The van der Waals surface area contributed by atoms with Crippen molar-refractivity contribution in [2.45, 2.75) is 31.6 Å². The molecule has 0 fully saturated rings. The van der Waals surface area contributed by atoms with Crippen LogP contribution in [0.5, 0.6) is 5.75 Å². The SMILES string of the molecule is CCN(CCc1ccc(O)c2[nH]c(=O)sc12)CCC(OCCc1ccc(Cl)cc1)S(N)(=O)=O. The number of nitrogens with two attached hydrogens (primary N) is 1. The lowest BCUT2D eigenvalue weighted by atomic mass is 10.1. The number of phenolic OH excluding ortho intramolecular Hbond substituents is 1. The summed E-state index contributed by atoms with van der Waals surface area (Å²) in [6.07, 6.45) is 1.45. The number of hydrogen-bond donors (Lipinski definition) is 3. The molecule has 0 aliphatic heterocycles. The standard InChI is InChI=1S/C22H28ClN3O5S2/c1-2-26(12-9-16-5-8-18(27)20-21(16)32-22(28)25-20)13-10-19(33(24,29)30)31-14-11-15-3-6-17(23)7-4-15/h3-8,19,27H,2,9-14H2,1H3,(H,25,28)(H2,24,29,30). The third kappa shape index (κ3) is 7.26. The van der Waals surface area contributed by atoms with Crippen LogP contribution in [0.2, 0.25) is 5.02 Å². The molecular weight excluding hydrogens is 486 g/mol. The highest BCUT2D eigenvalue weighted by Crippen LogP contribution is 2.28. The van der Waals surface area contributed by atoms with Gasteiger partial charge in [0, 0.05) is 24.5 Å². The van der Waals surface area contributed by atoms with Crippen molar-refractivity contribution >= 4 is 43.2 Å². The maximum Gasteiger partial charge on any atom is 0.305 e. The molecule has 4 N–H and O–H groups in total. The number of fused-ring (bicyclic) bond motifs is 1. The van der Waals surface area contributed by atoms with Gasteiger partial charge in [0.15, 0.2) is 5.44 Å². The summed E-state index contributed by atoms with van der Waals surface area (Å²) >= 11 is 6.95. The zero-order valence-electron chi connectivity index (χ0n) is 18.3. The van der Waals surface area contributed by atoms with E-state index < -0.39 is 15.5 Å². The number of primary sulfonamides is 1. The quantitative estimate of drug-likeness (QED) is 0.341. The number of ether oxygens (including phenoxy) is 1. The molecule has 0 bridgehead atoms. The number of benzene rings is 2. The van der Waals surface area contributed by atoms with E-state index in [0.29, 0.717) is 43.0 Å². The van der Waals surface area contributed by atoms with Gasteiger partial charge in [0.05, 0.1) is 11.3 Å². The van der Waals surface area contributed by atoms with E-state index in [1.807, 2.05) is 25.1 Å². The van der Waals surface area contributed by atoms with Crippen LogP contribution in [0.15, 0.2) is 41.2 Å². The van der Waals surface area contributed by atoms with Crippen molar-refractivity contribution in [2.24, 2.45) is 5.14 Å². The molecule has 3 rings (SSSR count). The summed E-state index contributed by atoms with van der Waals surface area (Å²) in [6.45, 7) is 4.08. The number of rotatable bonds is 12. The summed E-state index contributed by atoms with van der Waals surface area (Å²) in [5, 5.41) is 16.0. The summed E-state index contributed by atoms with van der Waals surface area (Å²) in [4.78, 5) is 16.2. The normalized spacial score (nSPS) is 13.1. The number of aromatic amines is 1. The van der Waals surface area contributed by atoms with E-state index >= 15 is 0 Å². The van der Waals surface area contributed by atoms with Crippen molar-refractivity contribution in [1.82, 2.24) is 9.88 Å². The average molecular weight is 514 g/mol. The molecule has 180 valence electrons. The van der Waals surface area contributed by atoms with Crippen molar-refractivity contribution < 1.29 is 18.3 Å². The second-order valence-corrected chi connectivity index (χ2v) is 10.8. The first-order valence-electron chi connectivity index (χ1n) is 10.6. The molecule has 1 unspecified atom stereocenters. The molecule has 8 nitrogen and oxygen atoms in total. The molecule has 33 heavy (non-hydrogen) atoms. The van der Waals surface area contributed by atoms with Gasteiger partial charge in [0.25, 0.3) is 0 Å². The Bertz CT molecular complexity index is 1230. The lowest BCUT2D eigenvalue weighted by Crippen LogP contribution is -2.36. The lowest BCUT2D eigenvalue weighted by Gasteiger charge is -2.23. The molecule has 2 aromatic carbocycles. The first-order chi connectivity index (χ1) is 15.7. The minimum atomic E-state index is -3.86. The van der Waals surface area contributed by atoms with E-state index in [1.165, 1.54) is 0 Å². The van der Waals surface area contributed by atoms with Gasteiger partial charge in [0.1, 0.15) is 11.3 Å². The van der Waals surface area contributed by atoms with Gasteiger partial charge in [-0.2, -0.15) is 0 Å². The number of likely N-dealkylation sites (N-methyl/N-ethyl adjacent to an activating group) is 1. The number of thiazole rings is 1. The molecule has 1 atom stereocenters. The smallest absolute Gasteiger partial charge is 0.305 e. The molecule has 0 saturated heterocycles. The number of halogens is 1. The van der Waals surface area contributed by atoms with Crippen molar-refractivity contribution in [3.05, 3.63) is 62.2 Å². The Morgan fingerprint density at radius 1 is 1.18 bits per heavy atom. The van der Waals surface area contributed by atoms with Crippen molar-refractivity contribution in [2.75, 3.05) is 26.2 Å². The maximum absolute atomic E-state index is 12.0. The maximum atomic E-state index is 12.0. The molecule has 0 aliphatic rings. The number of hydrogen-bond acceptors (Lipinski definition) is 7. The Balaban J connectivity index is 1.56. The largest absolute Gasteiger partial charge is 0.506 e. The molecule has 3 aromatic rings. The fourth-order valence-electron chi connectivity index (χ4n) is 3.57. The average Bonchev–Trinajstić information content (AvgIpc) is 3.16. The summed E-state index contributed by atoms with van der Waals surface area (Å²) in [7, 11) is -3.86. The van der Waals surface area contributed by atoms with Crippen LogP contribution in [0.1, 0.15) is 24.5 Å². The number of aromatic hydroxyl groups is 1. The topological polar surface area (TPSA) is 126 Å². The van der Waals surface area contributed by atoms with Crippen LogP contribution < -0.4 is 10.0 Å². The minimum Gasteiger partial charge on any atom is -0.506 e. The second-order valence-electron chi connectivity index (χ2n) is 7.70. The zero-order valence-corrected chi connectivity index (χ0v) is 20.7. The molecule has 0 saturated carbocycles. The van der Waals surface area contributed by atoms with Gasteiger partial charge in [-0.1, -0.05) is 48.1 Å². The van der Waals surface area contributed by atoms with Gasteiger partial charge < -0.3 is 19.7 Å². The number of aromatic nitrogens is 1. The molecule has 1 heterocycles. The fraction of sp³-hybridized carbons (Fsp3) is 0.409. The predicted octanol–water partition coefficient (Wildman–Crippen LogP) is 3.08. The fourth-order valence-corrected chi connectivity index (χ4v) is 5.31. The van der Waals surface area contributed by atoms with E-state index in [1.54, 1.807) is 18.2 Å². The zero-order chi connectivity index (χ0) is 24.0. The van der Waals surface area contributed by atoms with Gasteiger partial charge in [-0.25, -0.2) is 13.6 Å². The van der Waals surface area contributed by atoms with Crippen LogP contribution >= 0.6 is 22.9 Å². The summed E-state index contributed by atoms with van der Waals surface area (Å²) in [5.41, 5.74) is 1.31. The highest BCUT2D eigenvalue weighted by molar-refractivity contribution is 7.89. The van der Waals surface area contributed by atoms with Gasteiger partial charge >= 0.3 is 4.87 Å². The highest BCUT2D eigenvalue weighted by Gasteiger charge is 2.23. The Kier molecular flexibility index (Phi) is 8.91. The van der Waals surface area contributed by atoms with Crippen LogP contribution in [0.3, 0.4) is 0 Å². The Morgan fingerprint density at radius 3 is 2.58 bits per heavy atom. The highest BCUT2D eigenvalue weighted by atomic mass is 35.5. The number of sulfonamides is 1. The van der Waals surface area contributed by atoms with Crippen LogP contribution in [0.4, 0.5) is 0 Å². The first kappa shape index (κ1) is 25.7. The number of H-pyrrole nitrogens is 1. The second kappa shape index (κ2) is 11.5. The summed E-state index contributed by atoms with van der Waals surface area (Å²) < 4.78 is 30.5. The number of nitrogens with one attached hydrogen (secondary N) is 1. The predicted molar refractivity (Wildman–Crippen MR) is 133 cm³/mol. The number of phenols is 1. The van der Waals surface area contributed by atoms with Crippen molar-refractivity contribution in [3.8, 4) is 5.75 Å². The van der Waals surface area contributed by atoms with Crippen LogP contribution in [0, 0.1) is 0 Å². The van der Waals surface area contributed by atoms with Gasteiger partial charge in [0.2, 0.25) is 10.0 Å². The third-order valence-corrected chi connectivity index (χ3v) is 7.75. The molecule has 0 aliphatic carbocycles. The monoisotopic (exact) mass is 513 g/mol.